The van der Waals surface area contributed by atoms with E-state index in [2.05, 4.69) is 22.6 Å². The first kappa shape index (κ1) is 20.2. The molecule has 140 valence electrons. The number of methoxy groups -OCH3 is 1. The fourth-order valence-corrected chi connectivity index (χ4v) is 4.78. The lowest BCUT2D eigenvalue weighted by molar-refractivity contribution is -0.121. The molecule has 1 fully saturated rings. The number of hydrogen-bond acceptors (Lipinski definition) is 5. The molecule has 1 amide bonds. The molecule has 0 N–H and O–H groups in total. The van der Waals surface area contributed by atoms with Crippen LogP contribution in [-0.4, -0.2) is 28.8 Å². The molecule has 7 heteroatoms. The molecule has 0 unspecified atom stereocenters. The first-order valence-electron chi connectivity index (χ1n) is 8.33. The van der Waals surface area contributed by atoms with Crippen molar-refractivity contribution in [1.82, 2.24) is 4.90 Å². The highest BCUT2D eigenvalue weighted by molar-refractivity contribution is 14.1. The molecule has 4 nitrogen and oxygen atoms in total. The van der Waals surface area contributed by atoms with Gasteiger partial charge in [-0.25, -0.2) is 0 Å². The predicted octanol–water partition coefficient (Wildman–Crippen LogP) is 5.10. The largest absolute Gasteiger partial charge is 0.493 e. The van der Waals surface area contributed by atoms with E-state index in [4.69, 9.17) is 21.7 Å². The Hall–Kier alpha value is -1.58. The molecule has 2 aromatic carbocycles. The van der Waals surface area contributed by atoms with E-state index in [0.717, 1.165) is 14.7 Å². The van der Waals surface area contributed by atoms with Crippen molar-refractivity contribution in [2.24, 2.45) is 0 Å². The van der Waals surface area contributed by atoms with Crippen LogP contribution in [0.1, 0.15) is 18.1 Å². The van der Waals surface area contributed by atoms with Crippen LogP contribution in [0.2, 0.25) is 0 Å². The molecule has 1 saturated heterocycles. The molecule has 3 rings (SSSR count). The highest BCUT2D eigenvalue weighted by Crippen LogP contribution is 2.37. The van der Waals surface area contributed by atoms with E-state index >= 15 is 0 Å². The number of amides is 1. The second-order valence-electron chi connectivity index (χ2n) is 5.73. The minimum absolute atomic E-state index is 0.0501. The third-order valence-corrected chi connectivity index (χ3v) is 6.14. The quantitative estimate of drug-likeness (QED) is 0.307. The minimum atomic E-state index is -0.0501. The Morgan fingerprint density at radius 2 is 2.00 bits per heavy atom. The van der Waals surface area contributed by atoms with Crippen molar-refractivity contribution < 1.29 is 14.3 Å². The molecule has 0 atom stereocenters. The van der Waals surface area contributed by atoms with Crippen molar-refractivity contribution in [1.29, 1.82) is 0 Å². The molecule has 27 heavy (non-hydrogen) atoms. The van der Waals surface area contributed by atoms with Gasteiger partial charge in [-0.1, -0.05) is 54.3 Å². The number of ether oxygens (including phenoxy) is 2. The topological polar surface area (TPSA) is 38.8 Å². The van der Waals surface area contributed by atoms with E-state index in [0.29, 0.717) is 33.9 Å². The lowest BCUT2D eigenvalue weighted by atomic mass is 10.1. The normalized spacial score (nSPS) is 15.5. The first-order chi connectivity index (χ1) is 13.0. The number of rotatable bonds is 6. The van der Waals surface area contributed by atoms with Crippen molar-refractivity contribution in [3.8, 4) is 11.5 Å². The van der Waals surface area contributed by atoms with Gasteiger partial charge >= 0.3 is 0 Å². The van der Waals surface area contributed by atoms with Crippen LogP contribution in [0, 0.1) is 3.57 Å². The van der Waals surface area contributed by atoms with Crippen LogP contribution in [-0.2, 0) is 11.4 Å². The monoisotopic (exact) mass is 511 g/mol. The zero-order valence-electron chi connectivity index (χ0n) is 14.9. The molecule has 0 radical (unpaired) electrons. The number of thiocarbonyl (C=S) groups is 1. The minimum Gasteiger partial charge on any atom is -0.493 e. The van der Waals surface area contributed by atoms with Gasteiger partial charge in [0.25, 0.3) is 5.91 Å². The van der Waals surface area contributed by atoms with E-state index in [-0.39, 0.29) is 5.91 Å². The second-order valence-corrected chi connectivity index (χ2v) is 8.57. The Morgan fingerprint density at radius 3 is 2.63 bits per heavy atom. The number of carbonyl (C=O) groups is 1. The van der Waals surface area contributed by atoms with Gasteiger partial charge in [-0.15, -0.1) is 0 Å². The van der Waals surface area contributed by atoms with Gasteiger partial charge in [-0.3, -0.25) is 9.69 Å². The molecule has 2 aromatic rings. The van der Waals surface area contributed by atoms with E-state index < -0.39 is 0 Å². The van der Waals surface area contributed by atoms with Crippen molar-refractivity contribution in [2.75, 3.05) is 13.7 Å². The summed E-state index contributed by atoms with van der Waals surface area (Å²) in [5.74, 6) is 1.28. The van der Waals surface area contributed by atoms with Crippen molar-refractivity contribution in [3.05, 3.63) is 62.1 Å². The van der Waals surface area contributed by atoms with Crippen molar-refractivity contribution in [3.63, 3.8) is 0 Å². The van der Waals surface area contributed by atoms with Crippen LogP contribution in [0.15, 0.2) is 47.4 Å². The van der Waals surface area contributed by atoms with Gasteiger partial charge in [0, 0.05) is 6.54 Å². The Balaban J connectivity index is 1.85. The summed E-state index contributed by atoms with van der Waals surface area (Å²) in [6, 6.07) is 13.8. The third-order valence-electron chi connectivity index (χ3n) is 3.97. The molecule has 1 aliphatic rings. The standard InChI is InChI=1S/C20H18INO3S2/c1-3-22-19(23)17(27-20(22)26)11-14-9-15(21)18(16(10-14)24-2)25-12-13-7-5-4-6-8-13/h4-11H,3,12H2,1-2H3/b17-11-. The first-order valence-corrected chi connectivity index (χ1v) is 10.6. The zero-order chi connectivity index (χ0) is 19.4. The molecule has 1 heterocycles. The molecule has 0 aliphatic carbocycles. The summed E-state index contributed by atoms with van der Waals surface area (Å²) in [5.41, 5.74) is 1.96. The molecule has 0 bridgehead atoms. The van der Waals surface area contributed by atoms with Gasteiger partial charge in [-0.05, 0) is 58.9 Å². The molecule has 0 spiro atoms. The molecular weight excluding hydrogens is 493 g/mol. The Kier molecular flexibility index (Phi) is 6.78. The Labute approximate surface area is 182 Å². The predicted molar refractivity (Wildman–Crippen MR) is 122 cm³/mol. The lowest BCUT2D eigenvalue weighted by Crippen LogP contribution is -2.27. The number of likely N-dealkylation sites (N-methyl/N-ethyl adjacent to an activating group) is 1. The van der Waals surface area contributed by atoms with E-state index in [9.17, 15) is 4.79 Å². The summed E-state index contributed by atoms with van der Waals surface area (Å²) in [6.45, 7) is 2.95. The molecular formula is C20H18INO3S2. The smallest absolute Gasteiger partial charge is 0.266 e. The van der Waals surface area contributed by atoms with Crippen LogP contribution in [0.25, 0.3) is 6.08 Å². The van der Waals surface area contributed by atoms with Gasteiger partial charge in [-0.2, -0.15) is 0 Å². The van der Waals surface area contributed by atoms with Gasteiger partial charge in [0.15, 0.2) is 11.5 Å². The third kappa shape index (κ3) is 4.64. The maximum Gasteiger partial charge on any atom is 0.266 e. The highest BCUT2D eigenvalue weighted by Gasteiger charge is 2.30. The summed E-state index contributed by atoms with van der Waals surface area (Å²) in [7, 11) is 1.61. The summed E-state index contributed by atoms with van der Waals surface area (Å²) in [4.78, 5) is 14.6. The fraction of sp³-hybridized carbons (Fsp3) is 0.200. The number of halogens is 1. The van der Waals surface area contributed by atoms with Crippen molar-refractivity contribution in [2.45, 2.75) is 13.5 Å². The average molecular weight is 511 g/mol. The van der Waals surface area contributed by atoms with Gasteiger partial charge < -0.3 is 9.47 Å². The molecule has 1 aliphatic heterocycles. The van der Waals surface area contributed by atoms with Gasteiger partial charge in [0.05, 0.1) is 15.6 Å². The number of carbonyl (C=O) groups excluding carboxylic acids is 1. The van der Waals surface area contributed by atoms with Crippen LogP contribution >= 0.6 is 46.6 Å². The summed E-state index contributed by atoms with van der Waals surface area (Å²) < 4.78 is 13.0. The average Bonchev–Trinajstić information content (AvgIpc) is 2.93. The fourth-order valence-electron chi connectivity index (χ4n) is 2.62. The number of benzene rings is 2. The van der Waals surface area contributed by atoms with Crippen molar-refractivity contribution >= 4 is 62.9 Å². The summed E-state index contributed by atoms with van der Waals surface area (Å²) in [6.07, 6.45) is 1.85. The van der Waals surface area contributed by atoms with E-state index in [1.165, 1.54) is 11.8 Å². The SMILES string of the molecule is CCN1C(=O)/C(=C/c2cc(I)c(OCc3ccccc3)c(OC)c2)SC1=S. The van der Waals surface area contributed by atoms with Crippen LogP contribution in [0.5, 0.6) is 11.5 Å². The highest BCUT2D eigenvalue weighted by atomic mass is 127. The van der Waals surface area contributed by atoms with Gasteiger partial charge in [0.1, 0.15) is 10.9 Å². The Bertz CT molecular complexity index is 900. The van der Waals surface area contributed by atoms with Gasteiger partial charge in [0.2, 0.25) is 0 Å². The summed E-state index contributed by atoms with van der Waals surface area (Å²) in [5, 5.41) is 0. The summed E-state index contributed by atoms with van der Waals surface area (Å²) >= 11 is 8.82. The van der Waals surface area contributed by atoms with E-state index in [1.54, 1.807) is 12.0 Å². The number of thioether (sulfide) groups is 1. The van der Waals surface area contributed by atoms with Crippen LogP contribution in [0.4, 0.5) is 0 Å². The Morgan fingerprint density at radius 1 is 1.26 bits per heavy atom. The van der Waals surface area contributed by atoms with Crippen LogP contribution < -0.4 is 9.47 Å². The zero-order valence-corrected chi connectivity index (χ0v) is 18.7. The number of nitrogens with zero attached hydrogens (tertiary/aromatic N) is 1. The maximum atomic E-state index is 12.4. The molecule has 0 aromatic heterocycles. The maximum absolute atomic E-state index is 12.4. The second kappa shape index (κ2) is 9.07. The number of hydrogen-bond donors (Lipinski definition) is 0. The van der Waals surface area contributed by atoms with Crippen LogP contribution in [0.3, 0.4) is 0 Å². The lowest BCUT2D eigenvalue weighted by Gasteiger charge is -2.14. The molecule has 0 saturated carbocycles. The van der Waals surface area contributed by atoms with E-state index in [1.807, 2.05) is 55.5 Å².